The minimum absolute atomic E-state index is 0.323. The summed E-state index contributed by atoms with van der Waals surface area (Å²) in [4.78, 5) is 0.323. The molecule has 2 aromatic rings. The lowest BCUT2D eigenvalue weighted by atomic mass is 10.1. The quantitative estimate of drug-likeness (QED) is 0.850. The molecule has 22 heavy (non-hydrogen) atoms. The number of nitrogens with zero attached hydrogens (tertiary/aromatic N) is 3. The van der Waals surface area contributed by atoms with Crippen LogP contribution in [0.2, 0.25) is 0 Å². The molecule has 5 nitrogen and oxygen atoms in total. The Morgan fingerprint density at radius 3 is 2.27 bits per heavy atom. The van der Waals surface area contributed by atoms with Crippen molar-refractivity contribution in [1.82, 2.24) is 14.1 Å². The predicted molar refractivity (Wildman–Crippen MR) is 87.5 cm³/mol. The molecule has 0 amide bonds. The number of aromatic nitrogens is 2. The Balaban J connectivity index is 2.41. The van der Waals surface area contributed by atoms with Crippen LogP contribution < -0.4 is 0 Å². The van der Waals surface area contributed by atoms with Gasteiger partial charge in [-0.3, -0.25) is 4.68 Å². The number of sulfonamides is 1. The van der Waals surface area contributed by atoms with Gasteiger partial charge in [0.2, 0.25) is 10.0 Å². The minimum atomic E-state index is -3.48. The molecule has 0 radical (unpaired) electrons. The second-order valence-electron chi connectivity index (χ2n) is 5.56. The summed E-state index contributed by atoms with van der Waals surface area (Å²) in [7, 11) is -1.89. The topological polar surface area (TPSA) is 55.2 Å². The second kappa shape index (κ2) is 6.22. The lowest BCUT2D eigenvalue weighted by Crippen LogP contribution is -2.27. The van der Waals surface area contributed by atoms with E-state index in [1.54, 1.807) is 18.7 Å². The molecular weight excluding hydrogens is 298 g/mol. The highest BCUT2D eigenvalue weighted by atomic mass is 32.2. The number of hydrogen-bond donors (Lipinski definition) is 0. The van der Waals surface area contributed by atoms with Crippen LogP contribution in [0.5, 0.6) is 0 Å². The van der Waals surface area contributed by atoms with Gasteiger partial charge in [-0.2, -0.15) is 5.10 Å². The van der Waals surface area contributed by atoms with Crippen molar-refractivity contribution in [2.75, 3.05) is 13.6 Å². The maximum Gasteiger partial charge on any atom is 0.246 e. The monoisotopic (exact) mass is 321 g/mol. The summed E-state index contributed by atoms with van der Waals surface area (Å²) in [6.07, 6.45) is 0. The number of aryl methyl sites for hydroxylation is 2. The lowest BCUT2D eigenvalue weighted by Gasteiger charge is -2.15. The zero-order valence-corrected chi connectivity index (χ0v) is 14.6. The molecule has 0 aliphatic rings. The van der Waals surface area contributed by atoms with Crippen LogP contribution in [0, 0.1) is 20.8 Å². The Bertz CT molecular complexity index is 761. The highest BCUT2D eigenvalue weighted by Gasteiger charge is 2.27. The van der Waals surface area contributed by atoms with Crippen LogP contribution in [0.3, 0.4) is 0 Å². The second-order valence-corrected chi connectivity index (χ2v) is 7.54. The average Bonchev–Trinajstić information content (AvgIpc) is 2.75. The molecule has 1 heterocycles. The molecule has 6 heteroatoms. The molecule has 0 fully saturated rings. The van der Waals surface area contributed by atoms with Crippen LogP contribution in [0.1, 0.15) is 29.4 Å². The van der Waals surface area contributed by atoms with E-state index in [4.69, 9.17) is 0 Å². The summed E-state index contributed by atoms with van der Waals surface area (Å²) >= 11 is 0. The first kappa shape index (κ1) is 16.7. The molecule has 0 saturated heterocycles. The fourth-order valence-corrected chi connectivity index (χ4v) is 3.94. The van der Waals surface area contributed by atoms with Crippen molar-refractivity contribution in [3.05, 3.63) is 46.8 Å². The molecule has 0 unspecified atom stereocenters. The van der Waals surface area contributed by atoms with Gasteiger partial charge in [0.15, 0.2) is 0 Å². The van der Waals surface area contributed by atoms with Crippen molar-refractivity contribution in [3.63, 3.8) is 0 Å². The highest BCUT2D eigenvalue weighted by Crippen LogP contribution is 2.23. The first-order valence-electron chi connectivity index (χ1n) is 7.33. The molecular formula is C16H23N3O2S. The van der Waals surface area contributed by atoms with E-state index in [9.17, 15) is 8.42 Å². The van der Waals surface area contributed by atoms with E-state index < -0.39 is 10.0 Å². The predicted octanol–water partition coefficient (Wildman–Crippen LogP) is 2.50. The standard InChI is InChI=1S/C16H23N3O2S/c1-6-18(5)22(20,21)16-13(3)17-19(14(16)4)11-15-9-7-12(2)8-10-15/h7-10H,6,11H2,1-5H3. The Hall–Kier alpha value is -1.66. The SMILES string of the molecule is CCN(C)S(=O)(=O)c1c(C)nn(Cc2ccc(C)cc2)c1C. The average molecular weight is 321 g/mol. The van der Waals surface area contributed by atoms with Crippen LogP contribution >= 0.6 is 0 Å². The molecule has 0 bridgehead atoms. The molecule has 0 aliphatic carbocycles. The van der Waals surface area contributed by atoms with E-state index in [0.717, 1.165) is 5.56 Å². The number of benzene rings is 1. The molecule has 0 aliphatic heterocycles. The molecule has 2 rings (SSSR count). The first-order valence-corrected chi connectivity index (χ1v) is 8.77. The van der Waals surface area contributed by atoms with E-state index in [-0.39, 0.29) is 0 Å². The molecule has 0 atom stereocenters. The van der Waals surface area contributed by atoms with E-state index in [1.165, 1.54) is 9.87 Å². The van der Waals surface area contributed by atoms with Gasteiger partial charge >= 0.3 is 0 Å². The summed E-state index contributed by atoms with van der Waals surface area (Å²) in [5, 5.41) is 4.42. The van der Waals surface area contributed by atoms with Crippen LogP contribution in [0.25, 0.3) is 0 Å². The smallest absolute Gasteiger partial charge is 0.246 e. The van der Waals surface area contributed by atoms with Gasteiger partial charge in [-0.05, 0) is 26.3 Å². The third-order valence-electron chi connectivity index (χ3n) is 3.88. The summed E-state index contributed by atoms with van der Waals surface area (Å²) in [6, 6.07) is 8.17. The van der Waals surface area contributed by atoms with Gasteiger partial charge < -0.3 is 0 Å². The maximum atomic E-state index is 12.6. The Labute approximate surface area is 132 Å². The van der Waals surface area contributed by atoms with Crippen LogP contribution in [0.4, 0.5) is 0 Å². The Morgan fingerprint density at radius 2 is 1.73 bits per heavy atom. The lowest BCUT2D eigenvalue weighted by molar-refractivity contribution is 0.485. The highest BCUT2D eigenvalue weighted by molar-refractivity contribution is 7.89. The largest absolute Gasteiger partial charge is 0.264 e. The van der Waals surface area contributed by atoms with Crippen molar-refractivity contribution in [2.45, 2.75) is 39.1 Å². The van der Waals surface area contributed by atoms with Gasteiger partial charge in [-0.25, -0.2) is 12.7 Å². The van der Waals surface area contributed by atoms with Crippen LogP contribution in [-0.4, -0.2) is 36.1 Å². The zero-order chi connectivity index (χ0) is 16.5. The molecule has 0 N–H and O–H groups in total. The molecule has 120 valence electrons. The molecule has 1 aromatic heterocycles. The fraction of sp³-hybridized carbons (Fsp3) is 0.438. The van der Waals surface area contributed by atoms with E-state index in [2.05, 4.69) is 5.10 Å². The van der Waals surface area contributed by atoms with Crippen LogP contribution in [-0.2, 0) is 16.6 Å². The van der Waals surface area contributed by atoms with Gasteiger partial charge in [-0.1, -0.05) is 36.8 Å². The summed E-state index contributed by atoms with van der Waals surface area (Å²) in [6.45, 7) is 8.42. The van der Waals surface area contributed by atoms with Crippen molar-refractivity contribution in [2.24, 2.45) is 0 Å². The van der Waals surface area contributed by atoms with Crippen LogP contribution in [0.15, 0.2) is 29.2 Å². The third-order valence-corrected chi connectivity index (χ3v) is 6.07. The number of rotatable bonds is 5. The Morgan fingerprint density at radius 1 is 1.14 bits per heavy atom. The summed E-state index contributed by atoms with van der Waals surface area (Å²) < 4.78 is 28.3. The summed E-state index contributed by atoms with van der Waals surface area (Å²) in [5.41, 5.74) is 3.53. The van der Waals surface area contributed by atoms with Gasteiger partial charge in [0, 0.05) is 13.6 Å². The number of hydrogen-bond acceptors (Lipinski definition) is 3. The van der Waals surface area contributed by atoms with Crippen molar-refractivity contribution in [3.8, 4) is 0 Å². The van der Waals surface area contributed by atoms with Crippen molar-refractivity contribution >= 4 is 10.0 Å². The molecule has 1 aromatic carbocycles. The Kier molecular flexibility index (Phi) is 4.72. The summed E-state index contributed by atoms with van der Waals surface area (Å²) in [5.74, 6) is 0. The molecule has 0 spiro atoms. The van der Waals surface area contributed by atoms with Gasteiger partial charge in [-0.15, -0.1) is 0 Å². The fourth-order valence-electron chi connectivity index (χ4n) is 2.40. The third kappa shape index (κ3) is 3.08. The van der Waals surface area contributed by atoms with Gasteiger partial charge in [0.05, 0.1) is 17.9 Å². The van der Waals surface area contributed by atoms with E-state index in [1.807, 2.05) is 45.0 Å². The minimum Gasteiger partial charge on any atom is -0.264 e. The van der Waals surface area contributed by atoms with Crippen molar-refractivity contribution < 1.29 is 8.42 Å². The normalized spacial score (nSPS) is 12.1. The van der Waals surface area contributed by atoms with Gasteiger partial charge in [0.25, 0.3) is 0 Å². The zero-order valence-electron chi connectivity index (χ0n) is 13.8. The van der Waals surface area contributed by atoms with E-state index in [0.29, 0.717) is 29.4 Å². The van der Waals surface area contributed by atoms with Crippen molar-refractivity contribution in [1.29, 1.82) is 0 Å². The van der Waals surface area contributed by atoms with Gasteiger partial charge in [0.1, 0.15) is 4.90 Å². The van der Waals surface area contributed by atoms with E-state index >= 15 is 0 Å². The molecule has 0 saturated carbocycles. The first-order chi connectivity index (χ1) is 10.3. The maximum absolute atomic E-state index is 12.6.